The molecule has 1 saturated heterocycles. The Morgan fingerprint density at radius 3 is 2.36 bits per heavy atom. The standard InChI is InChI=1S/C23H23N3O6.ClH/c1-25(2)12-13-31-14-6-8-15(9-7-14)32-18-5-3-4-16-20(18)23(30)26(22(16)29)17-10-11-19(27)24-21(17)28;/h3-9,17H,10-13H2,1-2H3,(H,24,27,28);1H. The van der Waals surface area contributed by atoms with Gasteiger partial charge in [0, 0.05) is 13.0 Å². The molecular formula is C23H24ClN3O6. The first-order valence-electron chi connectivity index (χ1n) is 10.2. The number of amides is 4. The molecule has 2 aromatic carbocycles. The maximum absolute atomic E-state index is 13.1. The molecule has 1 fully saturated rings. The van der Waals surface area contributed by atoms with Gasteiger partial charge in [0.1, 0.15) is 29.9 Å². The number of likely N-dealkylation sites (N-methyl/N-ethyl adjacent to an activating group) is 1. The van der Waals surface area contributed by atoms with Gasteiger partial charge in [-0.05, 0) is 56.9 Å². The number of nitrogens with one attached hydrogen (secondary N) is 1. The summed E-state index contributed by atoms with van der Waals surface area (Å²) in [5.41, 5.74) is 0.273. The van der Waals surface area contributed by atoms with E-state index in [-0.39, 0.29) is 42.1 Å². The van der Waals surface area contributed by atoms with Crippen molar-refractivity contribution in [2.45, 2.75) is 18.9 Å². The van der Waals surface area contributed by atoms with Gasteiger partial charge in [-0.2, -0.15) is 0 Å². The molecule has 0 aromatic heterocycles. The van der Waals surface area contributed by atoms with Crippen molar-refractivity contribution < 1.29 is 28.7 Å². The first-order chi connectivity index (χ1) is 15.3. The average Bonchev–Trinajstić information content (AvgIpc) is 3.00. The Bertz CT molecular complexity index is 1090. The zero-order valence-corrected chi connectivity index (χ0v) is 19.0. The topological polar surface area (TPSA) is 105 Å². The fraction of sp³-hybridized carbons (Fsp3) is 0.304. The molecular weight excluding hydrogens is 450 g/mol. The van der Waals surface area contributed by atoms with E-state index >= 15 is 0 Å². The SMILES string of the molecule is CN(C)CCOc1ccc(Oc2cccc3c2C(=O)N(C2CCC(=O)NC2=O)C3=O)cc1.Cl. The van der Waals surface area contributed by atoms with E-state index in [2.05, 4.69) is 5.32 Å². The molecule has 2 aromatic rings. The number of carbonyl (C=O) groups excluding carboxylic acids is 4. The van der Waals surface area contributed by atoms with Crippen LogP contribution in [0, 0.1) is 0 Å². The van der Waals surface area contributed by atoms with E-state index in [1.807, 2.05) is 19.0 Å². The highest BCUT2D eigenvalue weighted by molar-refractivity contribution is 6.24. The highest BCUT2D eigenvalue weighted by Gasteiger charge is 2.46. The second kappa shape index (κ2) is 10.0. The molecule has 9 nitrogen and oxygen atoms in total. The van der Waals surface area contributed by atoms with Crippen LogP contribution in [0.1, 0.15) is 33.6 Å². The van der Waals surface area contributed by atoms with Crippen LogP contribution in [0.2, 0.25) is 0 Å². The minimum Gasteiger partial charge on any atom is -0.492 e. The predicted molar refractivity (Wildman–Crippen MR) is 121 cm³/mol. The molecule has 1 unspecified atom stereocenters. The highest BCUT2D eigenvalue weighted by atomic mass is 35.5. The van der Waals surface area contributed by atoms with E-state index in [1.165, 1.54) is 6.07 Å². The Labute approximate surface area is 197 Å². The van der Waals surface area contributed by atoms with Crippen molar-refractivity contribution in [3.8, 4) is 17.2 Å². The van der Waals surface area contributed by atoms with Gasteiger partial charge in [0.05, 0.1) is 11.1 Å². The Kier molecular flexibility index (Phi) is 7.35. The van der Waals surface area contributed by atoms with Crippen molar-refractivity contribution in [3.63, 3.8) is 0 Å². The van der Waals surface area contributed by atoms with Crippen LogP contribution in [0.25, 0.3) is 0 Å². The van der Waals surface area contributed by atoms with Crippen molar-refractivity contribution in [2.24, 2.45) is 0 Å². The number of carbonyl (C=O) groups is 4. The Morgan fingerprint density at radius 1 is 1.00 bits per heavy atom. The van der Waals surface area contributed by atoms with Gasteiger partial charge in [-0.1, -0.05) is 6.07 Å². The number of rotatable bonds is 7. The van der Waals surface area contributed by atoms with Gasteiger partial charge < -0.3 is 14.4 Å². The van der Waals surface area contributed by atoms with Crippen molar-refractivity contribution in [3.05, 3.63) is 53.6 Å². The van der Waals surface area contributed by atoms with Crippen LogP contribution in [0.4, 0.5) is 0 Å². The second-order valence-electron chi connectivity index (χ2n) is 7.85. The Balaban J connectivity index is 0.00000306. The van der Waals surface area contributed by atoms with E-state index < -0.39 is 29.7 Å². The number of benzene rings is 2. The monoisotopic (exact) mass is 473 g/mol. The molecule has 4 rings (SSSR count). The average molecular weight is 474 g/mol. The third-order valence-corrected chi connectivity index (χ3v) is 5.29. The molecule has 10 heteroatoms. The summed E-state index contributed by atoms with van der Waals surface area (Å²) in [7, 11) is 3.93. The fourth-order valence-corrected chi connectivity index (χ4v) is 3.65. The van der Waals surface area contributed by atoms with Gasteiger partial charge in [0.25, 0.3) is 11.8 Å². The minimum atomic E-state index is -1.02. The number of halogens is 1. The molecule has 174 valence electrons. The first-order valence-corrected chi connectivity index (χ1v) is 10.2. The zero-order chi connectivity index (χ0) is 22.8. The third kappa shape index (κ3) is 4.99. The van der Waals surface area contributed by atoms with E-state index in [4.69, 9.17) is 9.47 Å². The van der Waals surface area contributed by atoms with E-state index in [0.29, 0.717) is 18.1 Å². The predicted octanol–water partition coefficient (Wildman–Crippen LogP) is 2.24. The number of nitrogens with zero attached hydrogens (tertiary/aromatic N) is 2. The molecule has 0 bridgehead atoms. The van der Waals surface area contributed by atoms with Crippen molar-refractivity contribution in [2.75, 3.05) is 27.2 Å². The summed E-state index contributed by atoms with van der Waals surface area (Å²) in [6.07, 6.45) is 0.164. The van der Waals surface area contributed by atoms with Crippen LogP contribution in [0.5, 0.6) is 17.2 Å². The largest absolute Gasteiger partial charge is 0.492 e. The number of hydrogen-bond donors (Lipinski definition) is 1. The molecule has 0 saturated carbocycles. The van der Waals surface area contributed by atoms with Crippen molar-refractivity contribution >= 4 is 36.0 Å². The molecule has 0 radical (unpaired) electrons. The quantitative estimate of drug-likeness (QED) is 0.615. The summed E-state index contributed by atoms with van der Waals surface area (Å²) in [6, 6.07) is 10.7. The van der Waals surface area contributed by atoms with Crippen LogP contribution in [-0.2, 0) is 9.59 Å². The molecule has 0 aliphatic carbocycles. The summed E-state index contributed by atoms with van der Waals surface area (Å²) in [6.45, 7) is 1.33. The number of ether oxygens (including phenoxy) is 2. The molecule has 2 heterocycles. The lowest BCUT2D eigenvalue weighted by Crippen LogP contribution is -2.54. The van der Waals surface area contributed by atoms with Crippen LogP contribution < -0.4 is 14.8 Å². The van der Waals surface area contributed by atoms with Crippen molar-refractivity contribution in [1.29, 1.82) is 0 Å². The lowest BCUT2D eigenvalue weighted by atomic mass is 10.0. The molecule has 1 N–H and O–H groups in total. The van der Waals surface area contributed by atoms with Gasteiger partial charge in [-0.3, -0.25) is 29.4 Å². The fourth-order valence-electron chi connectivity index (χ4n) is 3.65. The third-order valence-electron chi connectivity index (χ3n) is 5.29. The second-order valence-corrected chi connectivity index (χ2v) is 7.85. The molecule has 0 spiro atoms. The summed E-state index contributed by atoms with van der Waals surface area (Å²) in [5.74, 6) is -0.875. The van der Waals surface area contributed by atoms with Crippen molar-refractivity contribution in [1.82, 2.24) is 15.1 Å². The van der Waals surface area contributed by atoms with Gasteiger partial charge in [-0.25, -0.2) is 0 Å². The van der Waals surface area contributed by atoms with Gasteiger partial charge in [-0.15, -0.1) is 12.4 Å². The Hall–Kier alpha value is -3.43. The van der Waals surface area contributed by atoms with Gasteiger partial charge in [0.2, 0.25) is 11.8 Å². The lowest BCUT2D eigenvalue weighted by Gasteiger charge is -2.27. The minimum absolute atomic E-state index is 0. The summed E-state index contributed by atoms with van der Waals surface area (Å²) >= 11 is 0. The Morgan fingerprint density at radius 2 is 1.70 bits per heavy atom. The zero-order valence-electron chi connectivity index (χ0n) is 18.2. The maximum atomic E-state index is 13.1. The number of fused-ring (bicyclic) bond motifs is 1. The van der Waals surface area contributed by atoms with Gasteiger partial charge >= 0.3 is 0 Å². The lowest BCUT2D eigenvalue weighted by molar-refractivity contribution is -0.136. The number of imide groups is 2. The van der Waals surface area contributed by atoms with Crippen LogP contribution in [0.3, 0.4) is 0 Å². The highest BCUT2D eigenvalue weighted by Crippen LogP contribution is 2.36. The van der Waals surface area contributed by atoms with E-state index in [1.54, 1.807) is 36.4 Å². The first kappa shape index (κ1) is 24.2. The smallest absolute Gasteiger partial charge is 0.266 e. The van der Waals surface area contributed by atoms with Crippen LogP contribution in [0.15, 0.2) is 42.5 Å². The van der Waals surface area contributed by atoms with E-state index in [0.717, 1.165) is 11.4 Å². The normalized spacial score (nSPS) is 17.5. The summed E-state index contributed by atoms with van der Waals surface area (Å²) < 4.78 is 11.6. The number of piperidine rings is 1. The number of hydrogen-bond acceptors (Lipinski definition) is 7. The molecule has 1 atom stereocenters. The molecule has 33 heavy (non-hydrogen) atoms. The van der Waals surface area contributed by atoms with Crippen LogP contribution >= 0.6 is 12.4 Å². The van der Waals surface area contributed by atoms with Gasteiger partial charge in [0.15, 0.2) is 0 Å². The van der Waals surface area contributed by atoms with E-state index in [9.17, 15) is 19.2 Å². The molecule has 4 amide bonds. The maximum Gasteiger partial charge on any atom is 0.266 e. The molecule has 2 aliphatic heterocycles. The molecule has 2 aliphatic rings. The summed E-state index contributed by atoms with van der Waals surface area (Å²) in [4.78, 5) is 52.6. The summed E-state index contributed by atoms with van der Waals surface area (Å²) in [5, 5.41) is 2.18. The van der Waals surface area contributed by atoms with Crippen LogP contribution in [-0.4, -0.2) is 66.7 Å².